The minimum absolute atomic E-state index is 0.0392. The number of benzene rings is 1. The van der Waals surface area contributed by atoms with E-state index in [1.54, 1.807) is 18.6 Å². The van der Waals surface area contributed by atoms with E-state index in [0.29, 0.717) is 22.4 Å². The van der Waals surface area contributed by atoms with Gasteiger partial charge in [0.2, 0.25) is 5.95 Å². The average molecular weight is 577 g/mol. The van der Waals surface area contributed by atoms with E-state index in [-0.39, 0.29) is 11.6 Å². The topological polar surface area (TPSA) is 111 Å². The highest BCUT2D eigenvalue weighted by Crippen LogP contribution is 2.34. The molecule has 1 saturated heterocycles. The summed E-state index contributed by atoms with van der Waals surface area (Å²) in [6, 6.07) is 12.5. The average Bonchev–Trinajstić information content (AvgIpc) is 3.57. The fraction of sp³-hybridized carbons (Fsp3) is 0.312. The monoisotopic (exact) mass is 576 g/mol. The van der Waals surface area contributed by atoms with E-state index in [1.165, 1.54) is 11.9 Å². The molecule has 0 radical (unpaired) electrons. The van der Waals surface area contributed by atoms with Gasteiger partial charge >= 0.3 is 0 Å². The number of thioether (sulfide) groups is 1. The summed E-state index contributed by atoms with van der Waals surface area (Å²) in [6.07, 6.45) is 12.7. The number of nitrogens with one attached hydrogen (secondary N) is 2. The lowest BCUT2D eigenvalue weighted by atomic mass is 10.0. The third kappa shape index (κ3) is 5.28. The van der Waals surface area contributed by atoms with Crippen LogP contribution in [0.15, 0.2) is 72.3 Å². The molecular weight excluding hydrogens is 544 g/mol. The molecule has 42 heavy (non-hydrogen) atoms. The molecule has 212 valence electrons. The van der Waals surface area contributed by atoms with Crippen molar-refractivity contribution < 1.29 is 0 Å². The summed E-state index contributed by atoms with van der Waals surface area (Å²) in [7, 11) is 0. The smallest absolute Gasteiger partial charge is 0.260 e. The van der Waals surface area contributed by atoms with E-state index in [0.717, 1.165) is 78.0 Å². The van der Waals surface area contributed by atoms with Gasteiger partial charge in [-0.25, -0.2) is 15.0 Å². The van der Waals surface area contributed by atoms with Crippen LogP contribution in [0.2, 0.25) is 0 Å². The van der Waals surface area contributed by atoms with E-state index >= 15 is 0 Å². The zero-order valence-corrected chi connectivity index (χ0v) is 24.3. The van der Waals surface area contributed by atoms with Crippen LogP contribution in [0.5, 0.6) is 0 Å². The number of anilines is 2. The van der Waals surface area contributed by atoms with Crippen molar-refractivity contribution in [1.29, 1.82) is 0 Å². The second-order valence-electron chi connectivity index (χ2n) is 11.0. The molecule has 1 aromatic carbocycles. The zero-order valence-electron chi connectivity index (χ0n) is 23.5. The number of aryl methyl sites for hydroxylation is 1. The summed E-state index contributed by atoms with van der Waals surface area (Å²) in [4.78, 5) is 36.6. The van der Waals surface area contributed by atoms with Gasteiger partial charge in [0.05, 0.1) is 5.69 Å². The number of fused-ring (bicyclic) bond motifs is 1. The van der Waals surface area contributed by atoms with Crippen molar-refractivity contribution in [2.75, 3.05) is 24.2 Å². The minimum atomic E-state index is -0.0392. The van der Waals surface area contributed by atoms with Gasteiger partial charge in [0.25, 0.3) is 5.56 Å². The predicted molar refractivity (Wildman–Crippen MR) is 168 cm³/mol. The summed E-state index contributed by atoms with van der Waals surface area (Å²) in [5, 5.41) is 8.14. The second kappa shape index (κ2) is 11.6. The Balaban J connectivity index is 1.24. The summed E-state index contributed by atoms with van der Waals surface area (Å²) < 4.78 is 1.90. The van der Waals surface area contributed by atoms with Gasteiger partial charge < -0.3 is 10.6 Å². The predicted octanol–water partition coefficient (Wildman–Crippen LogP) is 5.86. The molecule has 2 N–H and O–H groups in total. The molecule has 1 unspecified atom stereocenters. The van der Waals surface area contributed by atoms with Crippen LogP contribution in [0.3, 0.4) is 0 Å². The van der Waals surface area contributed by atoms with Crippen molar-refractivity contribution in [3.05, 3.63) is 89.0 Å². The number of hydrogen-bond donors (Lipinski definition) is 2. The molecule has 0 bridgehead atoms. The highest BCUT2D eigenvalue weighted by Gasteiger charge is 2.24. The lowest BCUT2D eigenvalue weighted by Gasteiger charge is -2.22. The molecule has 4 aromatic heterocycles. The molecule has 0 amide bonds. The standard InChI is InChI=1S/C32H32N8OS/c1-20-12-28(23-14-34-19-35-15-23)36-17-27(20)26-13-22-16-37-32(39-30(22)40(31(26)41)25-4-2-3-5-25)38-24-8-6-21(7-9-24)29-18-33-10-11-42-29/h6-9,12-17,19,25,29,33H,2-5,10-11,18H2,1H3,(H,37,38,39). The van der Waals surface area contributed by atoms with Crippen LogP contribution in [0.4, 0.5) is 11.6 Å². The normalized spacial score (nSPS) is 17.5. The van der Waals surface area contributed by atoms with Gasteiger partial charge in [0.15, 0.2) is 0 Å². The summed E-state index contributed by atoms with van der Waals surface area (Å²) in [5.74, 6) is 1.61. The number of hydrogen-bond acceptors (Lipinski definition) is 9. The van der Waals surface area contributed by atoms with E-state index in [2.05, 4.69) is 54.8 Å². The van der Waals surface area contributed by atoms with Crippen molar-refractivity contribution in [3.8, 4) is 22.4 Å². The van der Waals surface area contributed by atoms with Crippen molar-refractivity contribution in [2.24, 2.45) is 0 Å². The maximum atomic E-state index is 14.2. The van der Waals surface area contributed by atoms with Gasteiger partial charge in [-0.15, -0.1) is 0 Å². The third-order valence-corrected chi connectivity index (χ3v) is 9.47. The van der Waals surface area contributed by atoms with Crippen molar-refractivity contribution in [3.63, 3.8) is 0 Å². The first kappa shape index (κ1) is 26.7. The Morgan fingerprint density at radius 2 is 1.79 bits per heavy atom. The van der Waals surface area contributed by atoms with Crippen LogP contribution < -0.4 is 16.2 Å². The fourth-order valence-corrected chi connectivity index (χ4v) is 7.12. The van der Waals surface area contributed by atoms with Gasteiger partial charge in [-0.05, 0) is 55.2 Å². The van der Waals surface area contributed by atoms with E-state index in [9.17, 15) is 4.79 Å². The largest absolute Gasteiger partial charge is 0.324 e. The number of nitrogens with zero attached hydrogens (tertiary/aromatic N) is 6. The Kier molecular flexibility index (Phi) is 7.39. The van der Waals surface area contributed by atoms with E-state index in [1.807, 2.05) is 41.6 Å². The Morgan fingerprint density at radius 1 is 0.976 bits per heavy atom. The van der Waals surface area contributed by atoms with Crippen LogP contribution >= 0.6 is 11.8 Å². The maximum Gasteiger partial charge on any atom is 0.260 e. The van der Waals surface area contributed by atoms with Gasteiger partial charge in [0.1, 0.15) is 12.0 Å². The molecule has 5 heterocycles. The Morgan fingerprint density at radius 3 is 2.52 bits per heavy atom. The molecule has 2 fully saturated rings. The summed E-state index contributed by atoms with van der Waals surface area (Å²) in [6.45, 7) is 4.07. The first-order chi connectivity index (χ1) is 20.6. The van der Waals surface area contributed by atoms with Gasteiger partial charge in [-0.1, -0.05) is 25.0 Å². The molecule has 0 spiro atoms. The first-order valence-corrected chi connectivity index (χ1v) is 15.5. The number of aromatic nitrogens is 6. The third-order valence-electron chi connectivity index (χ3n) is 8.19. The minimum Gasteiger partial charge on any atom is -0.324 e. The van der Waals surface area contributed by atoms with Crippen molar-refractivity contribution in [2.45, 2.75) is 43.9 Å². The molecule has 7 rings (SSSR count). The number of rotatable bonds is 6. The second-order valence-corrected chi connectivity index (χ2v) is 12.3. The van der Waals surface area contributed by atoms with Gasteiger partial charge in [0, 0.05) is 82.7 Å². The molecule has 9 nitrogen and oxygen atoms in total. The van der Waals surface area contributed by atoms with Crippen LogP contribution in [0.25, 0.3) is 33.4 Å². The van der Waals surface area contributed by atoms with Crippen LogP contribution in [-0.4, -0.2) is 48.3 Å². The zero-order chi connectivity index (χ0) is 28.5. The van der Waals surface area contributed by atoms with Gasteiger partial charge in [-0.3, -0.25) is 14.3 Å². The van der Waals surface area contributed by atoms with Crippen LogP contribution in [0.1, 0.15) is 48.1 Å². The lowest BCUT2D eigenvalue weighted by Crippen LogP contribution is -2.28. The SMILES string of the molecule is Cc1cc(-c2cncnc2)ncc1-c1cc2cnc(Nc3ccc(C4CNCCS4)cc3)nc2n(C2CCCC2)c1=O. The Hall–Kier alpha value is -4.15. The highest BCUT2D eigenvalue weighted by atomic mass is 32.2. The molecule has 1 atom stereocenters. The molecule has 1 saturated carbocycles. The number of pyridine rings is 2. The van der Waals surface area contributed by atoms with Crippen molar-refractivity contribution >= 4 is 34.4 Å². The fourth-order valence-electron chi connectivity index (χ4n) is 5.99. The molecule has 1 aliphatic carbocycles. The quantitative estimate of drug-likeness (QED) is 0.257. The summed E-state index contributed by atoms with van der Waals surface area (Å²) >= 11 is 1.99. The van der Waals surface area contributed by atoms with Crippen LogP contribution in [0, 0.1) is 6.92 Å². The van der Waals surface area contributed by atoms with Gasteiger partial charge in [-0.2, -0.15) is 16.7 Å². The maximum absolute atomic E-state index is 14.2. The Labute approximate surface area is 248 Å². The molecule has 2 aliphatic rings. The molecule has 5 aromatic rings. The van der Waals surface area contributed by atoms with E-state index in [4.69, 9.17) is 4.98 Å². The molecule has 1 aliphatic heterocycles. The van der Waals surface area contributed by atoms with Crippen LogP contribution in [-0.2, 0) is 0 Å². The highest BCUT2D eigenvalue weighted by molar-refractivity contribution is 7.99. The summed E-state index contributed by atoms with van der Waals surface area (Å²) in [5.41, 5.74) is 6.85. The molecule has 10 heteroatoms. The lowest BCUT2D eigenvalue weighted by molar-refractivity contribution is 0.516. The first-order valence-electron chi connectivity index (χ1n) is 14.5. The Bertz CT molecular complexity index is 1780. The van der Waals surface area contributed by atoms with Crippen molar-refractivity contribution in [1.82, 2.24) is 34.8 Å². The molecular formula is C32H32N8OS. The van der Waals surface area contributed by atoms with E-state index < -0.39 is 0 Å².